The molecule has 1 aromatic carbocycles. The summed E-state index contributed by atoms with van der Waals surface area (Å²) in [5.74, 6) is 0.700. The monoisotopic (exact) mass is 293 g/mol. The molecule has 5 nitrogen and oxygen atoms in total. The zero-order valence-electron chi connectivity index (χ0n) is 12.8. The Morgan fingerprint density at radius 2 is 2.00 bits per heavy atom. The molecule has 116 valence electrons. The van der Waals surface area contributed by atoms with E-state index < -0.39 is 17.8 Å². The molecule has 0 heterocycles. The van der Waals surface area contributed by atoms with Crippen molar-refractivity contribution in [3.63, 3.8) is 0 Å². The third kappa shape index (κ3) is 6.81. The summed E-state index contributed by atoms with van der Waals surface area (Å²) < 4.78 is 10.5. The highest BCUT2D eigenvalue weighted by Gasteiger charge is 2.17. The molecule has 1 unspecified atom stereocenters. The number of alkyl carbamates (subject to hydrolysis) is 1. The molecule has 0 aliphatic rings. The van der Waals surface area contributed by atoms with E-state index in [4.69, 9.17) is 9.47 Å². The van der Waals surface area contributed by atoms with Crippen molar-refractivity contribution in [2.24, 2.45) is 0 Å². The molecule has 0 aliphatic carbocycles. The molecule has 1 rings (SSSR count). The first-order chi connectivity index (χ1) is 9.81. The molecule has 0 aliphatic heterocycles. The van der Waals surface area contributed by atoms with Crippen LogP contribution in [0.15, 0.2) is 36.9 Å². The van der Waals surface area contributed by atoms with E-state index in [-0.39, 0.29) is 6.54 Å². The minimum absolute atomic E-state index is 0.0851. The van der Waals surface area contributed by atoms with Crippen LogP contribution in [0.3, 0.4) is 0 Å². The maximum atomic E-state index is 11.5. The highest BCUT2D eigenvalue weighted by Crippen LogP contribution is 2.17. The van der Waals surface area contributed by atoms with E-state index in [9.17, 15) is 9.90 Å². The third-order valence-corrected chi connectivity index (χ3v) is 2.47. The highest BCUT2D eigenvalue weighted by atomic mass is 16.6. The number of aliphatic hydroxyl groups is 1. The van der Waals surface area contributed by atoms with E-state index in [0.29, 0.717) is 17.9 Å². The second-order valence-corrected chi connectivity index (χ2v) is 5.57. The van der Waals surface area contributed by atoms with Gasteiger partial charge in [0.15, 0.2) is 0 Å². The van der Waals surface area contributed by atoms with Crippen molar-refractivity contribution in [2.45, 2.75) is 32.5 Å². The normalized spacial score (nSPS) is 12.4. The molecule has 0 aromatic heterocycles. The van der Waals surface area contributed by atoms with Gasteiger partial charge in [-0.3, -0.25) is 0 Å². The first-order valence-electron chi connectivity index (χ1n) is 6.80. The molecular formula is C16H23NO4. The van der Waals surface area contributed by atoms with Gasteiger partial charge in [-0.25, -0.2) is 4.79 Å². The molecule has 0 spiro atoms. The predicted molar refractivity (Wildman–Crippen MR) is 81.3 cm³/mol. The average molecular weight is 293 g/mol. The van der Waals surface area contributed by atoms with Gasteiger partial charge < -0.3 is 19.9 Å². The summed E-state index contributed by atoms with van der Waals surface area (Å²) in [5.41, 5.74) is 0.135. The fraction of sp³-hybridized carbons (Fsp3) is 0.438. The number of hydrogen-bond donors (Lipinski definition) is 2. The van der Waals surface area contributed by atoms with Gasteiger partial charge >= 0.3 is 6.09 Å². The first kappa shape index (κ1) is 17.0. The minimum atomic E-state index is -0.800. The second kappa shape index (κ2) is 7.69. The van der Waals surface area contributed by atoms with Crippen molar-refractivity contribution >= 4 is 6.09 Å². The van der Waals surface area contributed by atoms with Crippen LogP contribution in [0.2, 0.25) is 0 Å². The number of ether oxygens (including phenoxy) is 2. The molecule has 0 fully saturated rings. The second-order valence-electron chi connectivity index (χ2n) is 5.57. The lowest BCUT2D eigenvalue weighted by Gasteiger charge is -2.20. The number of carbonyl (C=O) groups is 1. The van der Waals surface area contributed by atoms with Crippen molar-refractivity contribution in [2.75, 3.05) is 13.2 Å². The van der Waals surface area contributed by atoms with Crippen molar-refractivity contribution in [3.8, 4) is 5.75 Å². The first-order valence-corrected chi connectivity index (χ1v) is 6.80. The van der Waals surface area contributed by atoms with E-state index in [2.05, 4.69) is 11.9 Å². The predicted octanol–water partition coefficient (Wildman–Crippen LogP) is 2.81. The number of amides is 1. The van der Waals surface area contributed by atoms with Crippen LogP contribution in [0.1, 0.15) is 32.4 Å². The summed E-state index contributed by atoms with van der Waals surface area (Å²) in [6.07, 6.45) is 0.312. The number of nitrogens with one attached hydrogen (secondary N) is 1. The van der Waals surface area contributed by atoms with Crippen LogP contribution >= 0.6 is 0 Å². The molecule has 1 aromatic rings. The Labute approximate surface area is 125 Å². The van der Waals surface area contributed by atoms with E-state index >= 15 is 0 Å². The standard InChI is InChI=1S/C16H23NO4/c1-5-10-20-13-8-6-12(7-9-13)14(18)11-17-15(19)21-16(2,3)4/h5-9,14,18H,1,10-11H2,2-4H3,(H,17,19). The highest BCUT2D eigenvalue weighted by molar-refractivity contribution is 5.67. The molecule has 21 heavy (non-hydrogen) atoms. The topological polar surface area (TPSA) is 67.8 Å². The molecule has 0 bridgehead atoms. The van der Waals surface area contributed by atoms with Gasteiger partial charge in [-0.1, -0.05) is 24.8 Å². The van der Waals surface area contributed by atoms with Crippen LogP contribution in [0.25, 0.3) is 0 Å². The Kier molecular flexibility index (Phi) is 6.24. The zero-order chi connectivity index (χ0) is 15.9. The van der Waals surface area contributed by atoms with E-state index in [1.165, 1.54) is 0 Å². The average Bonchev–Trinajstić information content (AvgIpc) is 2.41. The van der Waals surface area contributed by atoms with Gasteiger partial charge in [-0.15, -0.1) is 0 Å². The van der Waals surface area contributed by atoms with Crippen LogP contribution in [-0.2, 0) is 4.74 Å². The maximum absolute atomic E-state index is 11.5. The molecular weight excluding hydrogens is 270 g/mol. The van der Waals surface area contributed by atoms with Crippen molar-refractivity contribution in [1.29, 1.82) is 0 Å². The Bertz CT molecular complexity index is 462. The lowest BCUT2D eigenvalue weighted by atomic mass is 10.1. The van der Waals surface area contributed by atoms with E-state index in [1.807, 2.05) is 0 Å². The van der Waals surface area contributed by atoms with Crippen LogP contribution in [0, 0.1) is 0 Å². The largest absolute Gasteiger partial charge is 0.490 e. The van der Waals surface area contributed by atoms with Crippen LogP contribution in [0.4, 0.5) is 4.79 Å². The molecule has 0 radical (unpaired) electrons. The molecule has 1 atom stereocenters. The van der Waals surface area contributed by atoms with Crippen molar-refractivity contribution < 1.29 is 19.4 Å². The van der Waals surface area contributed by atoms with Crippen LogP contribution in [-0.4, -0.2) is 30.0 Å². The van der Waals surface area contributed by atoms with Gasteiger partial charge in [0.2, 0.25) is 0 Å². The van der Waals surface area contributed by atoms with Crippen molar-refractivity contribution in [1.82, 2.24) is 5.32 Å². The molecule has 0 saturated carbocycles. The fourth-order valence-electron chi connectivity index (χ4n) is 1.55. The summed E-state index contributed by atoms with van der Waals surface area (Å²) in [5, 5.41) is 12.5. The number of hydrogen-bond acceptors (Lipinski definition) is 4. The molecule has 5 heteroatoms. The summed E-state index contributed by atoms with van der Waals surface area (Å²) in [6, 6.07) is 7.02. The maximum Gasteiger partial charge on any atom is 0.407 e. The number of aliphatic hydroxyl groups excluding tert-OH is 1. The summed E-state index contributed by atoms with van der Waals surface area (Å²) in [6.45, 7) is 9.44. The molecule has 1 amide bonds. The van der Waals surface area contributed by atoms with Gasteiger partial charge in [-0.2, -0.15) is 0 Å². The number of rotatable bonds is 6. The summed E-state index contributed by atoms with van der Waals surface area (Å²) >= 11 is 0. The zero-order valence-corrected chi connectivity index (χ0v) is 12.8. The quantitative estimate of drug-likeness (QED) is 0.791. The van der Waals surface area contributed by atoms with Crippen LogP contribution < -0.4 is 10.1 Å². The van der Waals surface area contributed by atoms with Gasteiger partial charge in [0, 0.05) is 0 Å². The van der Waals surface area contributed by atoms with Gasteiger partial charge in [0.25, 0.3) is 0 Å². The number of benzene rings is 1. The Morgan fingerprint density at radius 3 is 2.52 bits per heavy atom. The van der Waals surface area contributed by atoms with Gasteiger partial charge in [0.05, 0.1) is 12.6 Å². The molecule has 0 saturated heterocycles. The van der Waals surface area contributed by atoms with Crippen LogP contribution in [0.5, 0.6) is 5.75 Å². The Morgan fingerprint density at radius 1 is 1.38 bits per heavy atom. The van der Waals surface area contributed by atoms with E-state index in [0.717, 1.165) is 0 Å². The Balaban J connectivity index is 2.46. The SMILES string of the molecule is C=CCOc1ccc(C(O)CNC(=O)OC(C)(C)C)cc1. The summed E-state index contributed by atoms with van der Waals surface area (Å²) in [7, 11) is 0. The fourth-order valence-corrected chi connectivity index (χ4v) is 1.55. The molecule has 2 N–H and O–H groups in total. The minimum Gasteiger partial charge on any atom is -0.490 e. The van der Waals surface area contributed by atoms with E-state index in [1.54, 1.807) is 51.1 Å². The van der Waals surface area contributed by atoms with Crippen molar-refractivity contribution in [3.05, 3.63) is 42.5 Å². The summed E-state index contributed by atoms with van der Waals surface area (Å²) in [4.78, 5) is 11.5. The number of carbonyl (C=O) groups excluding carboxylic acids is 1. The smallest absolute Gasteiger partial charge is 0.407 e. The Hall–Kier alpha value is -2.01. The third-order valence-electron chi connectivity index (χ3n) is 2.47. The van der Waals surface area contributed by atoms with Gasteiger partial charge in [0.1, 0.15) is 18.0 Å². The lowest BCUT2D eigenvalue weighted by molar-refractivity contribution is 0.0491. The van der Waals surface area contributed by atoms with Gasteiger partial charge in [-0.05, 0) is 38.5 Å². The lowest BCUT2D eigenvalue weighted by Crippen LogP contribution is -2.34.